The Morgan fingerprint density at radius 1 is 1.50 bits per heavy atom. The van der Waals surface area contributed by atoms with Crippen LogP contribution in [-0.2, 0) is 13.5 Å². The van der Waals surface area contributed by atoms with E-state index in [0.717, 1.165) is 5.56 Å². The number of benzene rings is 1. The van der Waals surface area contributed by atoms with Crippen LogP contribution in [0.1, 0.15) is 12.5 Å². The van der Waals surface area contributed by atoms with Crippen molar-refractivity contribution in [1.29, 1.82) is 0 Å². The smallest absolute Gasteiger partial charge is 0.190 e. The lowest BCUT2D eigenvalue weighted by Crippen LogP contribution is -2.17. The number of nitrogens with zero attached hydrogens (tertiary/aromatic N) is 3. The molecule has 0 amide bonds. The van der Waals surface area contributed by atoms with Gasteiger partial charge in [0.1, 0.15) is 12.1 Å². The third-order valence-corrected chi connectivity index (χ3v) is 3.53. The molecule has 1 aromatic carbocycles. The zero-order valence-electron chi connectivity index (χ0n) is 10.3. The van der Waals surface area contributed by atoms with Gasteiger partial charge < -0.3 is 5.73 Å². The van der Waals surface area contributed by atoms with Gasteiger partial charge >= 0.3 is 0 Å². The summed E-state index contributed by atoms with van der Waals surface area (Å²) in [6.45, 7) is 1.90. The SMILES string of the molecule is CC(N)Cc1ccc(Sc2ncnn2C)c(F)c1. The van der Waals surface area contributed by atoms with E-state index in [1.54, 1.807) is 17.8 Å². The molecule has 0 bridgehead atoms. The van der Waals surface area contributed by atoms with E-state index in [9.17, 15) is 4.39 Å². The van der Waals surface area contributed by atoms with Crippen molar-refractivity contribution in [2.75, 3.05) is 0 Å². The summed E-state index contributed by atoms with van der Waals surface area (Å²) in [7, 11) is 1.78. The molecule has 2 N–H and O–H groups in total. The molecule has 2 rings (SSSR count). The second-order valence-electron chi connectivity index (χ2n) is 4.21. The van der Waals surface area contributed by atoms with Gasteiger partial charge in [-0.25, -0.2) is 14.1 Å². The molecule has 1 heterocycles. The summed E-state index contributed by atoms with van der Waals surface area (Å²) >= 11 is 1.26. The van der Waals surface area contributed by atoms with Crippen LogP contribution in [0.3, 0.4) is 0 Å². The molecule has 2 aromatic rings. The predicted octanol–water partition coefficient (Wildman–Crippen LogP) is 2.00. The average molecular weight is 266 g/mol. The average Bonchev–Trinajstić information content (AvgIpc) is 2.67. The summed E-state index contributed by atoms with van der Waals surface area (Å²) in [5.41, 5.74) is 6.60. The minimum absolute atomic E-state index is 0.0293. The fourth-order valence-corrected chi connectivity index (χ4v) is 2.37. The highest BCUT2D eigenvalue weighted by Gasteiger charge is 2.09. The maximum absolute atomic E-state index is 13.9. The van der Waals surface area contributed by atoms with Gasteiger partial charge in [-0.1, -0.05) is 6.07 Å². The van der Waals surface area contributed by atoms with E-state index in [-0.39, 0.29) is 11.9 Å². The maximum atomic E-state index is 13.9. The third kappa shape index (κ3) is 3.08. The van der Waals surface area contributed by atoms with Crippen molar-refractivity contribution in [2.24, 2.45) is 12.8 Å². The first kappa shape index (κ1) is 13.0. The summed E-state index contributed by atoms with van der Waals surface area (Å²) in [5.74, 6) is -0.249. The lowest BCUT2D eigenvalue weighted by Gasteiger charge is -2.07. The van der Waals surface area contributed by atoms with Crippen molar-refractivity contribution in [2.45, 2.75) is 29.4 Å². The van der Waals surface area contributed by atoms with Crippen LogP contribution in [0.25, 0.3) is 0 Å². The monoisotopic (exact) mass is 266 g/mol. The Morgan fingerprint density at radius 2 is 2.28 bits per heavy atom. The summed E-state index contributed by atoms with van der Waals surface area (Å²) in [4.78, 5) is 4.59. The van der Waals surface area contributed by atoms with Crippen molar-refractivity contribution >= 4 is 11.8 Å². The van der Waals surface area contributed by atoms with Crippen LogP contribution in [0.15, 0.2) is 34.6 Å². The molecule has 0 fully saturated rings. The fourth-order valence-electron chi connectivity index (χ4n) is 1.60. The molecule has 1 aromatic heterocycles. The van der Waals surface area contributed by atoms with Crippen LogP contribution in [0.4, 0.5) is 4.39 Å². The van der Waals surface area contributed by atoms with E-state index in [1.807, 2.05) is 13.0 Å². The molecule has 0 aliphatic carbocycles. The largest absolute Gasteiger partial charge is 0.328 e. The molecular formula is C12H15FN4S. The quantitative estimate of drug-likeness (QED) is 0.919. The molecule has 0 aliphatic heterocycles. The highest BCUT2D eigenvalue weighted by Crippen LogP contribution is 2.28. The summed E-state index contributed by atoms with van der Waals surface area (Å²) in [6.07, 6.45) is 2.12. The minimum atomic E-state index is -0.249. The number of rotatable bonds is 4. The Morgan fingerprint density at radius 3 is 2.83 bits per heavy atom. The highest BCUT2D eigenvalue weighted by molar-refractivity contribution is 7.99. The lowest BCUT2D eigenvalue weighted by molar-refractivity contribution is 0.596. The molecule has 1 unspecified atom stereocenters. The van der Waals surface area contributed by atoms with Gasteiger partial charge in [0.2, 0.25) is 0 Å². The molecule has 0 saturated carbocycles. The second-order valence-corrected chi connectivity index (χ2v) is 5.22. The predicted molar refractivity (Wildman–Crippen MR) is 68.9 cm³/mol. The molecule has 18 heavy (non-hydrogen) atoms. The van der Waals surface area contributed by atoms with Gasteiger partial charge in [-0.05, 0) is 42.8 Å². The van der Waals surface area contributed by atoms with Crippen molar-refractivity contribution < 1.29 is 4.39 Å². The van der Waals surface area contributed by atoms with Crippen LogP contribution in [0.2, 0.25) is 0 Å². The molecule has 96 valence electrons. The third-order valence-electron chi connectivity index (χ3n) is 2.43. The van der Waals surface area contributed by atoms with Crippen molar-refractivity contribution in [3.05, 3.63) is 35.9 Å². The summed E-state index contributed by atoms with van der Waals surface area (Å²) in [5, 5.41) is 4.61. The van der Waals surface area contributed by atoms with E-state index in [2.05, 4.69) is 10.1 Å². The fraction of sp³-hybridized carbons (Fsp3) is 0.333. The molecule has 0 saturated heterocycles. The molecule has 1 atom stereocenters. The Kier molecular flexibility index (Phi) is 3.98. The van der Waals surface area contributed by atoms with Gasteiger partial charge in [0.15, 0.2) is 5.16 Å². The minimum Gasteiger partial charge on any atom is -0.328 e. The second kappa shape index (κ2) is 5.49. The van der Waals surface area contributed by atoms with Crippen LogP contribution >= 0.6 is 11.8 Å². The van der Waals surface area contributed by atoms with Gasteiger partial charge in [-0.3, -0.25) is 0 Å². The van der Waals surface area contributed by atoms with Crippen LogP contribution < -0.4 is 5.73 Å². The van der Waals surface area contributed by atoms with Gasteiger partial charge in [0.05, 0.1) is 4.90 Å². The molecular weight excluding hydrogens is 251 g/mol. The first-order valence-corrected chi connectivity index (χ1v) is 6.44. The Labute approximate surface area is 109 Å². The van der Waals surface area contributed by atoms with E-state index in [1.165, 1.54) is 24.2 Å². The standard InChI is InChI=1S/C12H15FN4S/c1-8(14)5-9-3-4-11(10(13)6-9)18-12-15-7-16-17(12)2/h3-4,6-8H,5,14H2,1-2H3. The Balaban J connectivity index is 2.17. The van der Waals surface area contributed by atoms with Gasteiger partial charge in [0.25, 0.3) is 0 Å². The normalized spacial score (nSPS) is 12.7. The first-order valence-electron chi connectivity index (χ1n) is 5.62. The van der Waals surface area contributed by atoms with Crippen LogP contribution in [0, 0.1) is 5.82 Å². The maximum Gasteiger partial charge on any atom is 0.190 e. The number of aryl methyl sites for hydroxylation is 1. The number of aromatic nitrogens is 3. The Bertz CT molecular complexity index is 539. The van der Waals surface area contributed by atoms with E-state index >= 15 is 0 Å². The van der Waals surface area contributed by atoms with E-state index in [4.69, 9.17) is 5.73 Å². The Hall–Kier alpha value is -1.40. The molecule has 0 aliphatic rings. The molecule has 0 spiro atoms. The van der Waals surface area contributed by atoms with Crippen molar-refractivity contribution in [3.63, 3.8) is 0 Å². The van der Waals surface area contributed by atoms with Crippen molar-refractivity contribution in [3.8, 4) is 0 Å². The molecule has 6 heteroatoms. The summed E-state index contributed by atoms with van der Waals surface area (Å²) < 4.78 is 15.5. The number of nitrogens with two attached hydrogens (primary N) is 1. The summed E-state index contributed by atoms with van der Waals surface area (Å²) in [6, 6.07) is 5.21. The number of halogens is 1. The van der Waals surface area contributed by atoms with Gasteiger partial charge in [-0.15, -0.1) is 0 Å². The molecule has 0 radical (unpaired) electrons. The van der Waals surface area contributed by atoms with E-state index < -0.39 is 0 Å². The van der Waals surface area contributed by atoms with Gasteiger partial charge in [-0.2, -0.15) is 5.10 Å². The van der Waals surface area contributed by atoms with E-state index in [0.29, 0.717) is 16.5 Å². The van der Waals surface area contributed by atoms with Crippen LogP contribution in [0.5, 0.6) is 0 Å². The lowest BCUT2D eigenvalue weighted by atomic mass is 10.1. The van der Waals surface area contributed by atoms with Gasteiger partial charge in [0, 0.05) is 13.1 Å². The topological polar surface area (TPSA) is 56.7 Å². The molecule has 4 nitrogen and oxygen atoms in total. The first-order chi connectivity index (χ1) is 8.56. The van der Waals surface area contributed by atoms with Crippen LogP contribution in [-0.4, -0.2) is 20.8 Å². The number of hydrogen-bond donors (Lipinski definition) is 1. The number of hydrogen-bond acceptors (Lipinski definition) is 4. The van der Waals surface area contributed by atoms with Crippen molar-refractivity contribution in [1.82, 2.24) is 14.8 Å². The zero-order chi connectivity index (χ0) is 13.1. The highest BCUT2D eigenvalue weighted by atomic mass is 32.2. The zero-order valence-corrected chi connectivity index (χ0v) is 11.1.